The van der Waals surface area contributed by atoms with E-state index in [-0.39, 0.29) is 23.7 Å². The molecule has 5 aromatic rings. The third kappa shape index (κ3) is 3.78. The molecule has 0 radical (unpaired) electrons. The Morgan fingerprint density at radius 1 is 0.943 bits per heavy atom. The minimum absolute atomic E-state index is 0.169. The standard InChI is InChI=1S/C27H24N4O4/c1-30-21-10-6-5-9-20(21)23-24(26(32)28-16-17-8-4-7-11-22(17)35-3)29-31(27(33)25(23)30)18-12-14-19(34-2)15-13-18/h4-15H,16H2,1-3H3,(H,28,32). The summed E-state index contributed by atoms with van der Waals surface area (Å²) >= 11 is 0. The maximum Gasteiger partial charge on any atom is 0.296 e. The van der Waals surface area contributed by atoms with Crippen LogP contribution in [0.15, 0.2) is 77.6 Å². The van der Waals surface area contributed by atoms with Crippen molar-refractivity contribution in [1.82, 2.24) is 19.7 Å². The van der Waals surface area contributed by atoms with E-state index in [1.165, 1.54) is 4.68 Å². The number of fused-ring (bicyclic) bond motifs is 3. The first-order valence-electron chi connectivity index (χ1n) is 11.1. The Kier molecular flexibility index (Phi) is 5.70. The van der Waals surface area contributed by atoms with Crippen LogP contribution in [-0.4, -0.2) is 34.5 Å². The van der Waals surface area contributed by atoms with Gasteiger partial charge in [0.2, 0.25) is 0 Å². The van der Waals surface area contributed by atoms with Crippen LogP contribution in [0.5, 0.6) is 11.5 Å². The number of amides is 1. The first kappa shape index (κ1) is 22.2. The van der Waals surface area contributed by atoms with Gasteiger partial charge < -0.3 is 19.4 Å². The highest BCUT2D eigenvalue weighted by Gasteiger charge is 2.23. The van der Waals surface area contributed by atoms with E-state index in [0.29, 0.717) is 28.1 Å². The minimum Gasteiger partial charge on any atom is -0.497 e. The number of carbonyl (C=O) groups is 1. The first-order valence-corrected chi connectivity index (χ1v) is 11.1. The van der Waals surface area contributed by atoms with E-state index in [1.807, 2.05) is 60.1 Å². The molecule has 35 heavy (non-hydrogen) atoms. The molecule has 5 rings (SSSR count). The second kappa shape index (κ2) is 8.98. The molecule has 0 spiro atoms. The summed E-state index contributed by atoms with van der Waals surface area (Å²) < 4.78 is 13.7. The lowest BCUT2D eigenvalue weighted by Crippen LogP contribution is -2.30. The van der Waals surface area contributed by atoms with Crippen LogP contribution in [0.3, 0.4) is 0 Å². The molecule has 2 aromatic heterocycles. The number of rotatable bonds is 6. The Morgan fingerprint density at radius 2 is 1.66 bits per heavy atom. The molecular formula is C27H24N4O4. The van der Waals surface area contributed by atoms with Gasteiger partial charge in [-0.25, -0.2) is 0 Å². The molecule has 176 valence electrons. The number of para-hydroxylation sites is 2. The predicted octanol–water partition coefficient (Wildman–Crippen LogP) is 3.82. The second-order valence-electron chi connectivity index (χ2n) is 8.06. The SMILES string of the molecule is COc1ccc(-n2nc(C(=O)NCc3ccccc3OC)c3c4ccccc4n(C)c3c2=O)cc1. The van der Waals surface area contributed by atoms with Crippen molar-refractivity contribution in [3.63, 3.8) is 0 Å². The summed E-state index contributed by atoms with van der Waals surface area (Å²) in [6.45, 7) is 0.248. The Balaban J connectivity index is 1.69. The van der Waals surface area contributed by atoms with Gasteiger partial charge in [-0.05, 0) is 36.4 Å². The number of nitrogens with zero attached hydrogens (tertiary/aromatic N) is 3. The largest absolute Gasteiger partial charge is 0.497 e. The molecule has 0 bridgehead atoms. The van der Waals surface area contributed by atoms with Crippen molar-refractivity contribution >= 4 is 27.7 Å². The molecule has 0 saturated heterocycles. The van der Waals surface area contributed by atoms with Crippen molar-refractivity contribution in [3.05, 3.63) is 94.4 Å². The van der Waals surface area contributed by atoms with E-state index in [1.54, 1.807) is 38.5 Å². The predicted molar refractivity (Wildman–Crippen MR) is 135 cm³/mol. The molecule has 8 nitrogen and oxygen atoms in total. The number of hydrogen-bond donors (Lipinski definition) is 1. The summed E-state index contributed by atoms with van der Waals surface area (Å²) in [6, 6.07) is 22.0. The van der Waals surface area contributed by atoms with Gasteiger partial charge in [-0.1, -0.05) is 36.4 Å². The fourth-order valence-corrected chi connectivity index (χ4v) is 4.34. The molecule has 0 atom stereocenters. The van der Waals surface area contributed by atoms with Gasteiger partial charge in [-0.15, -0.1) is 0 Å². The average molecular weight is 469 g/mol. The van der Waals surface area contributed by atoms with E-state index < -0.39 is 0 Å². The normalized spacial score (nSPS) is 11.1. The highest BCUT2D eigenvalue weighted by atomic mass is 16.5. The maximum atomic E-state index is 13.6. The minimum atomic E-state index is -0.389. The van der Waals surface area contributed by atoms with Crippen LogP contribution in [0.2, 0.25) is 0 Å². The monoisotopic (exact) mass is 468 g/mol. The van der Waals surface area contributed by atoms with E-state index in [9.17, 15) is 9.59 Å². The summed E-state index contributed by atoms with van der Waals surface area (Å²) in [7, 11) is 4.98. The van der Waals surface area contributed by atoms with Gasteiger partial charge >= 0.3 is 0 Å². The smallest absolute Gasteiger partial charge is 0.296 e. The molecule has 2 heterocycles. The molecule has 0 aliphatic carbocycles. The highest BCUT2D eigenvalue weighted by molar-refractivity contribution is 6.16. The summed E-state index contributed by atoms with van der Waals surface area (Å²) in [5, 5.41) is 8.81. The maximum absolute atomic E-state index is 13.6. The van der Waals surface area contributed by atoms with Crippen molar-refractivity contribution in [2.45, 2.75) is 6.54 Å². The van der Waals surface area contributed by atoms with E-state index >= 15 is 0 Å². The van der Waals surface area contributed by atoms with Crippen molar-refractivity contribution in [2.24, 2.45) is 7.05 Å². The van der Waals surface area contributed by atoms with Gasteiger partial charge in [0.25, 0.3) is 11.5 Å². The molecule has 3 aromatic carbocycles. The Hall–Kier alpha value is -4.59. The Morgan fingerprint density at radius 3 is 2.40 bits per heavy atom. The number of nitrogens with one attached hydrogen (secondary N) is 1. The fourth-order valence-electron chi connectivity index (χ4n) is 4.34. The Labute approximate surface area is 201 Å². The molecule has 1 N–H and O–H groups in total. The van der Waals surface area contributed by atoms with Crippen LogP contribution in [0, 0.1) is 0 Å². The lowest BCUT2D eigenvalue weighted by atomic mass is 10.1. The molecular weight excluding hydrogens is 444 g/mol. The molecule has 0 saturated carbocycles. The summed E-state index contributed by atoms with van der Waals surface area (Å²) in [5.41, 5.74) is 2.46. The summed E-state index contributed by atoms with van der Waals surface area (Å²) in [5.74, 6) is 0.945. The number of hydrogen-bond acceptors (Lipinski definition) is 5. The Bertz CT molecular complexity index is 1620. The number of carbonyl (C=O) groups excluding carboxylic acids is 1. The van der Waals surface area contributed by atoms with Crippen LogP contribution in [0.4, 0.5) is 0 Å². The number of aryl methyl sites for hydroxylation is 1. The number of aromatic nitrogens is 3. The van der Waals surface area contributed by atoms with Gasteiger partial charge in [-0.2, -0.15) is 9.78 Å². The van der Waals surface area contributed by atoms with Crippen molar-refractivity contribution < 1.29 is 14.3 Å². The third-order valence-electron chi connectivity index (χ3n) is 6.10. The molecule has 8 heteroatoms. The quantitative estimate of drug-likeness (QED) is 0.409. The molecule has 0 unspecified atom stereocenters. The molecule has 0 fully saturated rings. The third-order valence-corrected chi connectivity index (χ3v) is 6.10. The van der Waals surface area contributed by atoms with Gasteiger partial charge in [0.15, 0.2) is 5.69 Å². The summed E-state index contributed by atoms with van der Waals surface area (Å²) in [6.07, 6.45) is 0. The number of methoxy groups -OCH3 is 2. The van der Waals surface area contributed by atoms with Gasteiger partial charge in [0.1, 0.15) is 17.0 Å². The summed E-state index contributed by atoms with van der Waals surface area (Å²) in [4.78, 5) is 27.1. The van der Waals surface area contributed by atoms with Gasteiger partial charge in [0.05, 0.1) is 19.9 Å². The van der Waals surface area contributed by atoms with Crippen LogP contribution >= 0.6 is 0 Å². The fraction of sp³-hybridized carbons (Fsp3) is 0.148. The second-order valence-corrected chi connectivity index (χ2v) is 8.06. The van der Waals surface area contributed by atoms with E-state index in [0.717, 1.165) is 16.5 Å². The van der Waals surface area contributed by atoms with E-state index in [4.69, 9.17) is 9.47 Å². The molecule has 0 aliphatic heterocycles. The number of ether oxygens (including phenoxy) is 2. The topological polar surface area (TPSA) is 87.4 Å². The zero-order chi connectivity index (χ0) is 24.5. The van der Waals surface area contributed by atoms with Crippen molar-refractivity contribution in [3.8, 4) is 17.2 Å². The first-order chi connectivity index (χ1) is 17.0. The van der Waals surface area contributed by atoms with Gasteiger partial charge in [0, 0.05) is 35.4 Å². The zero-order valence-corrected chi connectivity index (χ0v) is 19.6. The highest BCUT2D eigenvalue weighted by Crippen LogP contribution is 2.28. The van der Waals surface area contributed by atoms with Gasteiger partial charge in [-0.3, -0.25) is 9.59 Å². The number of benzene rings is 3. The van der Waals surface area contributed by atoms with Crippen molar-refractivity contribution in [2.75, 3.05) is 14.2 Å². The lowest BCUT2D eigenvalue weighted by molar-refractivity contribution is 0.0946. The zero-order valence-electron chi connectivity index (χ0n) is 19.6. The van der Waals surface area contributed by atoms with Crippen LogP contribution in [0.25, 0.3) is 27.5 Å². The van der Waals surface area contributed by atoms with Crippen LogP contribution in [-0.2, 0) is 13.6 Å². The molecule has 1 amide bonds. The lowest BCUT2D eigenvalue weighted by Gasteiger charge is -2.12. The van der Waals surface area contributed by atoms with E-state index in [2.05, 4.69) is 10.4 Å². The van der Waals surface area contributed by atoms with Crippen LogP contribution in [0.1, 0.15) is 16.1 Å². The van der Waals surface area contributed by atoms with Crippen molar-refractivity contribution in [1.29, 1.82) is 0 Å². The average Bonchev–Trinajstić information content (AvgIpc) is 3.21. The molecule has 0 aliphatic rings. The van der Waals surface area contributed by atoms with Crippen LogP contribution < -0.4 is 20.3 Å².